The number of rotatable bonds is 7. The second-order valence-corrected chi connectivity index (χ2v) is 5.56. The molecule has 1 N–H and O–H groups in total. The van der Waals surface area contributed by atoms with E-state index in [0.717, 1.165) is 25.3 Å². The van der Waals surface area contributed by atoms with E-state index in [4.69, 9.17) is 4.74 Å². The molecule has 0 radical (unpaired) electrons. The molecule has 0 saturated heterocycles. The Labute approximate surface area is 112 Å². The van der Waals surface area contributed by atoms with Gasteiger partial charge in [-0.15, -0.1) is 0 Å². The monoisotopic (exact) mass is 249 g/mol. The average Bonchev–Trinajstić information content (AvgIpc) is 2.34. The lowest BCUT2D eigenvalue weighted by atomic mass is 9.79. The molecule has 0 aromatic heterocycles. The molecule has 1 aromatic rings. The van der Waals surface area contributed by atoms with Crippen LogP contribution in [0.1, 0.15) is 44.7 Å². The predicted molar refractivity (Wildman–Crippen MR) is 78.5 cm³/mol. The molecule has 0 fully saturated rings. The van der Waals surface area contributed by atoms with E-state index in [9.17, 15) is 0 Å². The normalized spacial score (nSPS) is 11.6. The molecule has 102 valence electrons. The summed E-state index contributed by atoms with van der Waals surface area (Å²) in [6, 6.07) is 6.38. The van der Waals surface area contributed by atoms with Crippen molar-refractivity contribution in [2.75, 3.05) is 20.2 Å². The third kappa shape index (κ3) is 4.02. The minimum Gasteiger partial charge on any atom is -0.497 e. The van der Waals surface area contributed by atoms with Crippen LogP contribution in [0.15, 0.2) is 18.2 Å². The highest BCUT2D eigenvalue weighted by Crippen LogP contribution is 2.31. The molecule has 0 aliphatic carbocycles. The summed E-state index contributed by atoms with van der Waals surface area (Å²) in [6.45, 7) is 11.2. The molecular formula is C16H27NO. The molecule has 0 aliphatic heterocycles. The molecule has 0 spiro atoms. The summed E-state index contributed by atoms with van der Waals surface area (Å²) in [4.78, 5) is 0. The van der Waals surface area contributed by atoms with Crippen LogP contribution >= 0.6 is 0 Å². The number of hydrogen-bond acceptors (Lipinski definition) is 2. The van der Waals surface area contributed by atoms with Crippen LogP contribution < -0.4 is 10.1 Å². The van der Waals surface area contributed by atoms with Gasteiger partial charge in [-0.3, -0.25) is 0 Å². The van der Waals surface area contributed by atoms with Crippen LogP contribution in [0.4, 0.5) is 0 Å². The van der Waals surface area contributed by atoms with Crippen molar-refractivity contribution in [1.29, 1.82) is 0 Å². The molecule has 2 nitrogen and oxygen atoms in total. The maximum absolute atomic E-state index is 5.26. The Balaban J connectivity index is 2.71. The fourth-order valence-corrected chi connectivity index (χ4v) is 2.36. The van der Waals surface area contributed by atoms with Crippen LogP contribution in [-0.4, -0.2) is 20.2 Å². The number of methoxy groups -OCH3 is 1. The fraction of sp³-hybridized carbons (Fsp3) is 0.625. The van der Waals surface area contributed by atoms with Crippen molar-refractivity contribution in [3.63, 3.8) is 0 Å². The van der Waals surface area contributed by atoms with Gasteiger partial charge < -0.3 is 10.1 Å². The zero-order chi connectivity index (χ0) is 13.6. The molecule has 1 rings (SSSR count). The third-order valence-electron chi connectivity index (χ3n) is 3.52. The van der Waals surface area contributed by atoms with Gasteiger partial charge in [0.25, 0.3) is 0 Å². The second-order valence-electron chi connectivity index (χ2n) is 5.56. The van der Waals surface area contributed by atoms with Gasteiger partial charge in [0.15, 0.2) is 0 Å². The summed E-state index contributed by atoms with van der Waals surface area (Å²) in [7, 11) is 1.72. The van der Waals surface area contributed by atoms with E-state index in [-0.39, 0.29) is 5.41 Å². The summed E-state index contributed by atoms with van der Waals surface area (Å²) < 4.78 is 5.26. The Hall–Kier alpha value is -1.02. The quantitative estimate of drug-likeness (QED) is 0.744. The summed E-state index contributed by atoms with van der Waals surface area (Å²) >= 11 is 0. The van der Waals surface area contributed by atoms with Crippen molar-refractivity contribution in [3.05, 3.63) is 29.3 Å². The topological polar surface area (TPSA) is 21.3 Å². The van der Waals surface area contributed by atoms with Gasteiger partial charge in [-0.05, 0) is 61.5 Å². The predicted octanol–water partition coefficient (Wildman–Crippen LogP) is 3.67. The molecule has 2 heteroatoms. The Morgan fingerprint density at radius 3 is 2.50 bits per heavy atom. The molecule has 1 aromatic carbocycles. The molecule has 0 aliphatic rings. The van der Waals surface area contributed by atoms with Crippen molar-refractivity contribution in [2.45, 2.75) is 46.0 Å². The van der Waals surface area contributed by atoms with Gasteiger partial charge in [-0.2, -0.15) is 0 Å². The van der Waals surface area contributed by atoms with E-state index in [0.29, 0.717) is 0 Å². The van der Waals surface area contributed by atoms with Crippen molar-refractivity contribution in [2.24, 2.45) is 0 Å². The smallest absolute Gasteiger partial charge is 0.119 e. The van der Waals surface area contributed by atoms with E-state index in [1.54, 1.807) is 7.11 Å². The van der Waals surface area contributed by atoms with Gasteiger partial charge in [0.2, 0.25) is 0 Å². The van der Waals surface area contributed by atoms with E-state index in [1.807, 2.05) is 0 Å². The molecule has 0 heterocycles. The second kappa shape index (κ2) is 6.79. The van der Waals surface area contributed by atoms with Crippen LogP contribution in [0.25, 0.3) is 0 Å². The minimum atomic E-state index is 0.205. The SMILES string of the molecule is CCCNCCC(C)(C)c1ccc(OC)cc1C. The average molecular weight is 249 g/mol. The van der Waals surface area contributed by atoms with Gasteiger partial charge >= 0.3 is 0 Å². The lowest BCUT2D eigenvalue weighted by Gasteiger charge is -2.27. The van der Waals surface area contributed by atoms with Gasteiger partial charge in [0.1, 0.15) is 5.75 Å². The highest BCUT2D eigenvalue weighted by atomic mass is 16.5. The van der Waals surface area contributed by atoms with Gasteiger partial charge in [-0.25, -0.2) is 0 Å². The largest absolute Gasteiger partial charge is 0.497 e. The van der Waals surface area contributed by atoms with E-state index >= 15 is 0 Å². The van der Waals surface area contributed by atoms with Crippen LogP contribution in [0, 0.1) is 6.92 Å². The van der Waals surface area contributed by atoms with Gasteiger partial charge in [0, 0.05) is 0 Å². The van der Waals surface area contributed by atoms with Crippen molar-refractivity contribution in [1.82, 2.24) is 5.32 Å². The van der Waals surface area contributed by atoms with E-state index in [1.165, 1.54) is 17.5 Å². The number of benzene rings is 1. The Bertz CT molecular complexity index is 371. The van der Waals surface area contributed by atoms with Crippen LogP contribution in [-0.2, 0) is 5.41 Å². The molecule has 0 bridgehead atoms. The van der Waals surface area contributed by atoms with Gasteiger partial charge in [-0.1, -0.05) is 26.8 Å². The highest BCUT2D eigenvalue weighted by molar-refractivity contribution is 5.38. The Morgan fingerprint density at radius 1 is 1.22 bits per heavy atom. The minimum absolute atomic E-state index is 0.205. The first-order valence-electron chi connectivity index (χ1n) is 6.87. The standard InChI is InChI=1S/C16H27NO/c1-6-10-17-11-9-16(3,4)15-8-7-14(18-5)12-13(15)2/h7-8,12,17H,6,9-11H2,1-5H3. The number of ether oxygens (including phenoxy) is 1. The van der Waals surface area contributed by atoms with Crippen molar-refractivity contribution in [3.8, 4) is 5.75 Å². The van der Waals surface area contributed by atoms with Crippen molar-refractivity contribution >= 4 is 0 Å². The summed E-state index contributed by atoms with van der Waals surface area (Å²) in [5, 5.41) is 3.48. The number of nitrogens with one attached hydrogen (secondary N) is 1. The van der Waals surface area contributed by atoms with Crippen LogP contribution in [0.5, 0.6) is 5.75 Å². The Morgan fingerprint density at radius 2 is 1.94 bits per heavy atom. The first kappa shape index (κ1) is 15.0. The number of hydrogen-bond donors (Lipinski definition) is 1. The van der Waals surface area contributed by atoms with Gasteiger partial charge in [0.05, 0.1) is 7.11 Å². The maximum Gasteiger partial charge on any atom is 0.119 e. The zero-order valence-electron chi connectivity index (χ0n) is 12.5. The first-order chi connectivity index (χ1) is 8.51. The summed E-state index contributed by atoms with van der Waals surface area (Å²) in [6.07, 6.45) is 2.35. The molecule has 0 amide bonds. The lowest BCUT2D eigenvalue weighted by Crippen LogP contribution is -2.26. The van der Waals surface area contributed by atoms with Crippen molar-refractivity contribution < 1.29 is 4.74 Å². The molecule has 0 saturated carbocycles. The fourth-order valence-electron chi connectivity index (χ4n) is 2.36. The maximum atomic E-state index is 5.26. The molecule has 0 atom stereocenters. The zero-order valence-corrected chi connectivity index (χ0v) is 12.5. The Kier molecular flexibility index (Phi) is 5.67. The lowest BCUT2D eigenvalue weighted by molar-refractivity contribution is 0.412. The van der Waals surface area contributed by atoms with E-state index in [2.05, 4.69) is 51.2 Å². The third-order valence-corrected chi connectivity index (χ3v) is 3.52. The summed E-state index contributed by atoms with van der Waals surface area (Å²) in [5.74, 6) is 0.941. The number of aryl methyl sites for hydroxylation is 1. The highest BCUT2D eigenvalue weighted by Gasteiger charge is 2.22. The molecular weight excluding hydrogens is 222 g/mol. The van der Waals surface area contributed by atoms with E-state index < -0.39 is 0 Å². The summed E-state index contributed by atoms with van der Waals surface area (Å²) in [5.41, 5.74) is 2.94. The van der Waals surface area contributed by atoms with Crippen LogP contribution in [0.3, 0.4) is 0 Å². The first-order valence-corrected chi connectivity index (χ1v) is 6.87. The van der Waals surface area contributed by atoms with Crippen LogP contribution in [0.2, 0.25) is 0 Å². The molecule has 0 unspecified atom stereocenters. The molecule has 18 heavy (non-hydrogen) atoms.